The molecule has 0 saturated heterocycles. The van der Waals surface area contributed by atoms with Gasteiger partial charge in [0.1, 0.15) is 17.9 Å². The van der Waals surface area contributed by atoms with E-state index in [9.17, 15) is 0 Å². The van der Waals surface area contributed by atoms with E-state index < -0.39 is 0 Å². The largest absolute Gasteiger partial charge is 0.497 e. The van der Waals surface area contributed by atoms with E-state index in [4.69, 9.17) is 4.74 Å². The minimum absolute atomic E-state index is 0.790. The first-order valence-electron chi connectivity index (χ1n) is 8.67. The Morgan fingerprint density at radius 3 is 2.56 bits per heavy atom. The Hall–Kier alpha value is -2.67. The summed E-state index contributed by atoms with van der Waals surface area (Å²) in [4.78, 5) is 10.4. The van der Waals surface area contributed by atoms with Crippen LogP contribution in [-0.4, -0.2) is 53.0 Å². The van der Waals surface area contributed by atoms with Gasteiger partial charge in [0.05, 0.1) is 50.6 Å². The van der Waals surface area contributed by atoms with Crippen LogP contribution in [0.25, 0.3) is 16.7 Å². The number of hydrogen-bond donors (Lipinski definition) is 2. The lowest BCUT2D eigenvalue weighted by atomic mass is 10.3. The topological polar surface area (TPSA) is 69.3 Å². The zero-order valence-corrected chi connectivity index (χ0v) is 15.0. The molecule has 0 saturated carbocycles. The number of nitrogens with zero attached hydrogens (tertiary/aromatic N) is 4. The molecule has 132 valence electrons. The Kier molecular flexibility index (Phi) is 5.45. The first-order chi connectivity index (χ1) is 12.3. The summed E-state index contributed by atoms with van der Waals surface area (Å²) in [5.74, 6) is 1.65. The van der Waals surface area contributed by atoms with Crippen molar-refractivity contribution in [3.05, 3.63) is 36.8 Å². The Morgan fingerprint density at radius 1 is 1.12 bits per heavy atom. The Morgan fingerprint density at radius 2 is 1.88 bits per heavy atom. The maximum absolute atomic E-state index is 5.21. The lowest BCUT2D eigenvalue weighted by Gasteiger charge is -2.15. The van der Waals surface area contributed by atoms with Crippen LogP contribution in [0.5, 0.6) is 5.75 Å². The summed E-state index contributed by atoms with van der Waals surface area (Å²) in [6.45, 7) is 8.61. The molecule has 0 radical (unpaired) electrons. The molecule has 0 unspecified atom stereocenters. The SMILES string of the molecule is CC[NH+](CC)CCNc1ncnc2c1cnn2-c1ccc(OC)cc1. The van der Waals surface area contributed by atoms with Crippen LogP contribution in [0.3, 0.4) is 0 Å². The van der Waals surface area contributed by atoms with E-state index in [1.807, 2.05) is 35.1 Å². The van der Waals surface area contributed by atoms with Gasteiger partial charge in [-0.25, -0.2) is 14.6 Å². The standard InChI is InChI=1S/C18H24N6O/c1-4-23(5-2)11-10-19-17-16-12-22-24(18(16)21-13-20-17)14-6-8-15(25-3)9-7-14/h6-9,12-13H,4-5,10-11H2,1-3H3,(H,19,20,21)/p+1. The molecule has 0 spiro atoms. The molecule has 7 nitrogen and oxygen atoms in total. The summed E-state index contributed by atoms with van der Waals surface area (Å²) in [6.07, 6.45) is 3.39. The predicted molar refractivity (Wildman–Crippen MR) is 98.6 cm³/mol. The van der Waals surface area contributed by atoms with Crippen molar-refractivity contribution in [1.82, 2.24) is 19.7 Å². The van der Waals surface area contributed by atoms with E-state index in [-0.39, 0.29) is 0 Å². The average Bonchev–Trinajstić information content (AvgIpc) is 3.10. The van der Waals surface area contributed by atoms with Crippen LogP contribution in [0, 0.1) is 0 Å². The highest BCUT2D eigenvalue weighted by molar-refractivity contribution is 5.87. The second-order valence-electron chi connectivity index (χ2n) is 5.85. The van der Waals surface area contributed by atoms with Crippen LogP contribution >= 0.6 is 0 Å². The van der Waals surface area contributed by atoms with Crippen molar-refractivity contribution in [1.29, 1.82) is 0 Å². The number of methoxy groups -OCH3 is 1. The van der Waals surface area contributed by atoms with Crippen LogP contribution < -0.4 is 15.0 Å². The molecule has 7 heteroatoms. The molecule has 0 atom stereocenters. The monoisotopic (exact) mass is 341 g/mol. The molecule has 0 bridgehead atoms. The number of rotatable bonds is 8. The van der Waals surface area contributed by atoms with Gasteiger partial charge in [0.25, 0.3) is 0 Å². The van der Waals surface area contributed by atoms with Crippen molar-refractivity contribution in [3.8, 4) is 11.4 Å². The van der Waals surface area contributed by atoms with Gasteiger partial charge in [-0.2, -0.15) is 5.10 Å². The maximum atomic E-state index is 5.21. The van der Waals surface area contributed by atoms with Crippen molar-refractivity contribution >= 4 is 16.9 Å². The Labute approximate surface area is 147 Å². The second-order valence-corrected chi connectivity index (χ2v) is 5.85. The summed E-state index contributed by atoms with van der Waals surface area (Å²) in [5, 5.41) is 8.83. The normalized spacial score (nSPS) is 11.2. The van der Waals surface area contributed by atoms with Gasteiger partial charge in [-0.15, -0.1) is 0 Å². The van der Waals surface area contributed by atoms with E-state index >= 15 is 0 Å². The molecule has 0 amide bonds. The Balaban J connectivity index is 1.82. The third-order valence-corrected chi connectivity index (χ3v) is 4.45. The van der Waals surface area contributed by atoms with Gasteiger partial charge in [-0.1, -0.05) is 0 Å². The summed E-state index contributed by atoms with van der Waals surface area (Å²) in [5.41, 5.74) is 1.73. The molecular formula is C18H25N6O+. The summed E-state index contributed by atoms with van der Waals surface area (Å²) in [6, 6.07) is 7.75. The molecule has 2 aromatic heterocycles. The van der Waals surface area contributed by atoms with E-state index in [1.54, 1.807) is 18.3 Å². The van der Waals surface area contributed by atoms with Crippen LogP contribution in [0.4, 0.5) is 5.82 Å². The van der Waals surface area contributed by atoms with E-state index in [0.717, 1.165) is 54.5 Å². The Bertz CT molecular complexity index is 810. The van der Waals surface area contributed by atoms with Crippen molar-refractivity contribution in [2.24, 2.45) is 0 Å². The van der Waals surface area contributed by atoms with Crippen LogP contribution in [0.15, 0.2) is 36.8 Å². The number of ether oxygens (including phenoxy) is 1. The molecule has 0 aliphatic heterocycles. The lowest BCUT2D eigenvalue weighted by molar-refractivity contribution is -0.894. The molecule has 3 rings (SSSR count). The highest BCUT2D eigenvalue weighted by atomic mass is 16.5. The number of aromatic nitrogens is 4. The predicted octanol–water partition coefficient (Wildman–Crippen LogP) is 1.16. The van der Waals surface area contributed by atoms with Gasteiger partial charge in [0.15, 0.2) is 5.65 Å². The van der Waals surface area contributed by atoms with Crippen molar-refractivity contribution in [3.63, 3.8) is 0 Å². The minimum atomic E-state index is 0.790. The summed E-state index contributed by atoms with van der Waals surface area (Å²) < 4.78 is 7.02. The van der Waals surface area contributed by atoms with Gasteiger partial charge in [-0.05, 0) is 38.1 Å². The van der Waals surface area contributed by atoms with E-state index in [0.29, 0.717) is 0 Å². The number of quaternary nitrogens is 1. The summed E-state index contributed by atoms with van der Waals surface area (Å²) >= 11 is 0. The van der Waals surface area contributed by atoms with E-state index in [2.05, 4.69) is 34.2 Å². The number of likely N-dealkylation sites (N-methyl/N-ethyl adjacent to an activating group) is 1. The molecular weight excluding hydrogens is 316 g/mol. The third-order valence-electron chi connectivity index (χ3n) is 4.45. The molecule has 25 heavy (non-hydrogen) atoms. The number of anilines is 1. The number of hydrogen-bond acceptors (Lipinski definition) is 5. The third kappa shape index (κ3) is 3.71. The molecule has 2 N–H and O–H groups in total. The van der Waals surface area contributed by atoms with Crippen LogP contribution in [0.2, 0.25) is 0 Å². The first-order valence-corrected chi connectivity index (χ1v) is 8.67. The van der Waals surface area contributed by atoms with Gasteiger partial charge in [0, 0.05) is 0 Å². The van der Waals surface area contributed by atoms with E-state index in [1.165, 1.54) is 0 Å². The zero-order valence-electron chi connectivity index (χ0n) is 15.0. The van der Waals surface area contributed by atoms with Gasteiger partial charge >= 0.3 is 0 Å². The van der Waals surface area contributed by atoms with Crippen molar-refractivity contribution in [2.75, 3.05) is 38.6 Å². The van der Waals surface area contributed by atoms with Gasteiger partial charge in [-0.3, -0.25) is 0 Å². The number of benzene rings is 1. The van der Waals surface area contributed by atoms with Gasteiger partial charge in [0.2, 0.25) is 0 Å². The molecule has 0 aliphatic carbocycles. The highest BCUT2D eigenvalue weighted by Gasteiger charge is 2.11. The fourth-order valence-electron chi connectivity index (χ4n) is 2.86. The molecule has 0 fully saturated rings. The van der Waals surface area contributed by atoms with Crippen molar-refractivity contribution in [2.45, 2.75) is 13.8 Å². The summed E-state index contributed by atoms with van der Waals surface area (Å²) in [7, 11) is 1.66. The average molecular weight is 341 g/mol. The molecule has 2 heterocycles. The molecule has 1 aromatic carbocycles. The minimum Gasteiger partial charge on any atom is -0.497 e. The highest BCUT2D eigenvalue weighted by Crippen LogP contribution is 2.22. The van der Waals surface area contributed by atoms with Crippen LogP contribution in [-0.2, 0) is 0 Å². The van der Waals surface area contributed by atoms with Crippen LogP contribution in [0.1, 0.15) is 13.8 Å². The number of fused-ring (bicyclic) bond motifs is 1. The second kappa shape index (κ2) is 7.94. The first kappa shape index (κ1) is 17.2. The smallest absolute Gasteiger partial charge is 0.168 e. The lowest BCUT2D eigenvalue weighted by Crippen LogP contribution is -3.12. The van der Waals surface area contributed by atoms with Crippen molar-refractivity contribution < 1.29 is 9.64 Å². The number of nitrogens with one attached hydrogen (secondary N) is 2. The fourth-order valence-corrected chi connectivity index (χ4v) is 2.86. The quantitative estimate of drug-likeness (QED) is 0.643. The zero-order chi connectivity index (χ0) is 17.6. The maximum Gasteiger partial charge on any atom is 0.168 e. The molecule has 3 aromatic rings. The van der Waals surface area contributed by atoms with Gasteiger partial charge < -0.3 is 15.0 Å². The fraction of sp³-hybridized carbons (Fsp3) is 0.389. The molecule has 0 aliphatic rings.